The molecule has 1 aromatic carbocycles. The van der Waals surface area contributed by atoms with Crippen LogP contribution in [0.25, 0.3) is 0 Å². The topological polar surface area (TPSA) is 32.3 Å². The lowest BCUT2D eigenvalue weighted by Crippen LogP contribution is -2.41. The minimum absolute atomic E-state index is 0.0653. The number of rotatable bonds is 2. The van der Waals surface area contributed by atoms with Crippen LogP contribution >= 0.6 is 11.8 Å². The number of hydrogen-bond acceptors (Lipinski definition) is 3. The number of carbonyl (C=O) groups excluding carboxylic acids is 1. The van der Waals surface area contributed by atoms with Crippen molar-refractivity contribution in [2.24, 2.45) is 0 Å². The fourth-order valence-electron chi connectivity index (χ4n) is 3.21. The van der Waals surface area contributed by atoms with E-state index in [9.17, 15) is 4.79 Å². The maximum atomic E-state index is 12.3. The third kappa shape index (κ3) is 2.59. The molecule has 0 saturated carbocycles. The van der Waals surface area contributed by atoms with Gasteiger partial charge in [-0.25, -0.2) is 0 Å². The number of carbonyl (C=O) groups is 1. The standard InChI is InChI=1S/C16H22N2OS/c1-11-3-4-12(2)14(9-11)16-17-10-15(19)18(16)13-5-7-20-8-6-13/h3-4,9,13,16-17H,5-8,10H2,1-2H3. The first-order valence-corrected chi connectivity index (χ1v) is 8.52. The van der Waals surface area contributed by atoms with Gasteiger partial charge in [-0.3, -0.25) is 10.1 Å². The van der Waals surface area contributed by atoms with E-state index in [1.807, 2.05) is 11.8 Å². The van der Waals surface area contributed by atoms with Crippen LogP contribution in [0.4, 0.5) is 0 Å². The molecule has 3 rings (SSSR count). The molecule has 2 fully saturated rings. The molecular weight excluding hydrogens is 268 g/mol. The molecule has 4 heteroatoms. The smallest absolute Gasteiger partial charge is 0.238 e. The van der Waals surface area contributed by atoms with Gasteiger partial charge in [0.25, 0.3) is 0 Å². The Balaban J connectivity index is 1.90. The highest BCUT2D eigenvalue weighted by molar-refractivity contribution is 7.99. The SMILES string of the molecule is Cc1ccc(C)c(C2NCC(=O)N2C2CCSCC2)c1. The molecule has 1 unspecified atom stereocenters. The average Bonchev–Trinajstić information content (AvgIpc) is 2.84. The van der Waals surface area contributed by atoms with Crippen molar-refractivity contribution in [2.75, 3.05) is 18.1 Å². The van der Waals surface area contributed by atoms with Gasteiger partial charge in [-0.1, -0.05) is 23.8 Å². The van der Waals surface area contributed by atoms with Gasteiger partial charge in [0.15, 0.2) is 0 Å². The highest BCUT2D eigenvalue weighted by Gasteiger charge is 2.37. The van der Waals surface area contributed by atoms with Crippen molar-refractivity contribution in [3.63, 3.8) is 0 Å². The summed E-state index contributed by atoms with van der Waals surface area (Å²) < 4.78 is 0. The van der Waals surface area contributed by atoms with E-state index in [0.29, 0.717) is 12.6 Å². The molecule has 108 valence electrons. The lowest BCUT2D eigenvalue weighted by atomic mass is 10.0. The minimum atomic E-state index is 0.0653. The molecule has 2 heterocycles. The van der Waals surface area contributed by atoms with Gasteiger partial charge in [0.2, 0.25) is 5.91 Å². The Hall–Kier alpha value is -1.00. The predicted octanol–water partition coefficient (Wildman–Crippen LogP) is 2.63. The Morgan fingerprint density at radius 3 is 2.75 bits per heavy atom. The summed E-state index contributed by atoms with van der Waals surface area (Å²) in [7, 11) is 0. The van der Waals surface area contributed by atoms with E-state index in [0.717, 1.165) is 12.8 Å². The van der Waals surface area contributed by atoms with E-state index >= 15 is 0 Å². The fraction of sp³-hybridized carbons (Fsp3) is 0.562. The fourth-order valence-corrected chi connectivity index (χ4v) is 4.29. The second kappa shape index (κ2) is 5.78. The van der Waals surface area contributed by atoms with Crippen molar-refractivity contribution in [1.29, 1.82) is 0 Å². The Morgan fingerprint density at radius 2 is 2.00 bits per heavy atom. The molecule has 0 aliphatic carbocycles. The summed E-state index contributed by atoms with van der Waals surface area (Å²) in [5, 5.41) is 3.41. The third-order valence-corrected chi connectivity index (χ3v) is 5.38. The predicted molar refractivity (Wildman–Crippen MR) is 83.9 cm³/mol. The lowest BCUT2D eigenvalue weighted by Gasteiger charge is -2.35. The van der Waals surface area contributed by atoms with E-state index in [1.54, 1.807) is 0 Å². The third-order valence-electron chi connectivity index (χ3n) is 4.33. The minimum Gasteiger partial charge on any atom is -0.319 e. The first-order chi connectivity index (χ1) is 9.66. The second-order valence-corrected chi connectivity index (χ2v) is 7.01. The summed E-state index contributed by atoms with van der Waals surface area (Å²) >= 11 is 2.00. The van der Waals surface area contributed by atoms with Crippen LogP contribution in [0.1, 0.15) is 35.7 Å². The lowest BCUT2D eigenvalue weighted by molar-refractivity contribution is -0.130. The number of aryl methyl sites for hydroxylation is 2. The van der Waals surface area contributed by atoms with Gasteiger partial charge in [-0.05, 0) is 49.3 Å². The first-order valence-electron chi connectivity index (χ1n) is 7.36. The summed E-state index contributed by atoms with van der Waals surface area (Å²) in [4.78, 5) is 14.4. The molecule has 2 saturated heterocycles. The van der Waals surface area contributed by atoms with Crippen molar-refractivity contribution in [2.45, 2.75) is 38.9 Å². The summed E-state index contributed by atoms with van der Waals surface area (Å²) in [5.74, 6) is 2.61. The number of benzene rings is 1. The van der Waals surface area contributed by atoms with Gasteiger partial charge in [0.05, 0.1) is 6.54 Å². The van der Waals surface area contributed by atoms with Crippen LogP contribution in [0.5, 0.6) is 0 Å². The van der Waals surface area contributed by atoms with Gasteiger partial charge in [-0.2, -0.15) is 11.8 Å². The van der Waals surface area contributed by atoms with Gasteiger partial charge >= 0.3 is 0 Å². The second-order valence-electron chi connectivity index (χ2n) is 5.79. The zero-order valence-corrected chi connectivity index (χ0v) is 13.0. The van der Waals surface area contributed by atoms with Crippen molar-refractivity contribution in [3.05, 3.63) is 34.9 Å². The van der Waals surface area contributed by atoms with Crippen LogP contribution in [0.3, 0.4) is 0 Å². The van der Waals surface area contributed by atoms with E-state index in [2.05, 4.69) is 42.3 Å². The first kappa shape index (κ1) is 14.0. The Bertz CT molecular complexity index is 511. The molecule has 20 heavy (non-hydrogen) atoms. The van der Waals surface area contributed by atoms with Gasteiger partial charge < -0.3 is 4.90 Å². The van der Waals surface area contributed by atoms with E-state index in [-0.39, 0.29) is 12.1 Å². The van der Waals surface area contributed by atoms with E-state index in [1.165, 1.54) is 28.2 Å². The highest BCUT2D eigenvalue weighted by Crippen LogP contribution is 2.32. The molecule has 3 nitrogen and oxygen atoms in total. The monoisotopic (exact) mass is 290 g/mol. The molecule has 0 radical (unpaired) electrons. The summed E-state index contributed by atoms with van der Waals surface area (Å²) in [6.45, 7) is 4.72. The molecule has 1 amide bonds. The normalized spacial score (nSPS) is 24.4. The molecule has 2 aliphatic heterocycles. The molecule has 1 atom stereocenters. The van der Waals surface area contributed by atoms with E-state index < -0.39 is 0 Å². The van der Waals surface area contributed by atoms with Crippen molar-refractivity contribution < 1.29 is 4.79 Å². The zero-order valence-electron chi connectivity index (χ0n) is 12.2. The van der Waals surface area contributed by atoms with Crippen molar-refractivity contribution in [3.8, 4) is 0 Å². The Labute approximate surface area is 125 Å². The van der Waals surface area contributed by atoms with Crippen LogP contribution in [-0.2, 0) is 4.79 Å². The van der Waals surface area contributed by atoms with Crippen LogP contribution in [0.15, 0.2) is 18.2 Å². The van der Waals surface area contributed by atoms with Gasteiger partial charge in [0, 0.05) is 6.04 Å². The molecule has 0 aromatic heterocycles. The van der Waals surface area contributed by atoms with E-state index in [4.69, 9.17) is 0 Å². The van der Waals surface area contributed by atoms with Gasteiger partial charge in [-0.15, -0.1) is 0 Å². The molecule has 0 spiro atoms. The summed E-state index contributed by atoms with van der Waals surface area (Å²) in [6.07, 6.45) is 2.31. The molecule has 2 aliphatic rings. The number of amides is 1. The van der Waals surface area contributed by atoms with Crippen LogP contribution in [0, 0.1) is 13.8 Å². The Morgan fingerprint density at radius 1 is 1.25 bits per heavy atom. The number of thioether (sulfide) groups is 1. The summed E-state index contributed by atoms with van der Waals surface area (Å²) in [5.41, 5.74) is 3.78. The molecular formula is C16H22N2OS. The van der Waals surface area contributed by atoms with Crippen molar-refractivity contribution >= 4 is 17.7 Å². The molecule has 1 aromatic rings. The molecule has 1 N–H and O–H groups in total. The largest absolute Gasteiger partial charge is 0.319 e. The quantitative estimate of drug-likeness (QED) is 0.909. The maximum absolute atomic E-state index is 12.3. The maximum Gasteiger partial charge on any atom is 0.238 e. The number of nitrogens with one attached hydrogen (secondary N) is 1. The van der Waals surface area contributed by atoms with Gasteiger partial charge in [0.1, 0.15) is 6.17 Å². The van der Waals surface area contributed by atoms with Crippen LogP contribution < -0.4 is 5.32 Å². The number of hydrogen-bond donors (Lipinski definition) is 1. The summed E-state index contributed by atoms with van der Waals surface area (Å²) in [6, 6.07) is 6.92. The van der Waals surface area contributed by atoms with Crippen LogP contribution in [0.2, 0.25) is 0 Å². The van der Waals surface area contributed by atoms with Crippen molar-refractivity contribution in [1.82, 2.24) is 10.2 Å². The average molecular weight is 290 g/mol. The van der Waals surface area contributed by atoms with Crippen LogP contribution in [-0.4, -0.2) is 34.9 Å². The highest BCUT2D eigenvalue weighted by atomic mass is 32.2. The Kier molecular flexibility index (Phi) is 4.03. The molecule has 0 bridgehead atoms. The zero-order chi connectivity index (χ0) is 14.1. The number of nitrogens with zero attached hydrogens (tertiary/aromatic N) is 1.